The number of likely N-dealkylation sites (tertiary alicyclic amines) is 1. The van der Waals surface area contributed by atoms with Crippen LogP contribution in [0.4, 0.5) is 0 Å². The van der Waals surface area contributed by atoms with Crippen molar-refractivity contribution in [1.82, 2.24) is 15.2 Å². The van der Waals surface area contributed by atoms with Gasteiger partial charge in [0.2, 0.25) is 5.89 Å². The SMILES string of the molecule is O=C(NC1CCN(Cc2coc(-c3ccccc3)n2)CC1)c1ccc2c(c1)C(=O)OC21c2ccc(O)cc2Oc2cc(O)ccc21. The van der Waals surface area contributed by atoms with Crippen molar-refractivity contribution in [2.45, 2.75) is 31.0 Å². The van der Waals surface area contributed by atoms with Gasteiger partial charge in [-0.1, -0.05) is 24.3 Å². The summed E-state index contributed by atoms with van der Waals surface area (Å²) >= 11 is 0. The maximum atomic E-state index is 13.4. The van der Waals surface area contributed by atoms with Crippen LogP contribution >= 0.6 is 0 Å². The van der Waals surface area contributed by atoms with E-state index in [1.165, 1.54) is 24.3 Å². The molecular weight excluding hydrogens is 586 g/mol. The number of nitrogens with zero attached hydrogens (tertiary/aromatic N) is 2. The number of hydrogen-bond donors (Lipinski definition) is 3. The molecule has 1 fully saturated rings. The molecule has 0 atom stereocenters. The Labute approximate surface area is 263 Å². The van der Waals surface area contributed by atoms with Crippen molar-refractivity contribution in [1.29, 1.82) is 0 Å². The van der Waals surface area contributed by atoms with Gasteiger partial charge in [0.05, 0.1) is 11.3 Å². The van der Waals surface area contributed by atoms with Crippen LogP contribution in [-0.4, -0.2) is 51.1 Å². The molecule has 3 aliphatic rings. The van der Waals surface area contributed by atoms with E-state index in [4.69, 9.17) is 13.9 Å². The zero-order valence-electron chi connectivity index (χ0n) is 24.6. The summed E-state index contributed by atoms with van der Waals surface area (Å²) in [4.78, 5) is 33.7. The predicted octanol–water partition coefficient (Wildman–Crippen LogP) is 5.72. The third-order valence-electron chi connectivity index (χ3n) is 8.92. The number of esters is 1. The number of fused-ring (bicyclic) bond motifs is 6. The Morgan fingerprint density at radius 1 is 0.891 bits per heavy atom. The van der Waals surface area contributed by atoms with Crippen LogP contribution in [0.1, 0.15) is 55.9 Å². The monoisotopic (exact) mass is 615 g/mol. The first-order valence-electron chi connectivity index (χ1n) is 15.1. The summed E-state index contributed by atoms with van der Waals surface area (Å²) in [5, 5.41) is 23.4. The fraction of sp³-hybridized carbons (Fsp3) is 0.194. The zero-order valence-corrected chi connectivity index (χ0v) is 24.6. The van der Waals surface area contributed by atoms with Crippen molar-refractivity contribution in [3.63, 3.8) is 0 Å². The van der Waals surface area contributed by atoms with Gasteiger partial charge in [-0.15, -0.1) is 0 Å². The van der Waals surface area contributed by atoms with E-state index in [9.17, 15) is 19.8 Å². The van der Waals surface area contributed by atoms with Crippen LogP contribution in [0.5, 0.6) is 23.0 Å². The number of hydrogen-bond acceptors (Lipinski definition) is 9. The molecule has 1 amide bonds. The van der Waals surface area contributed by atoms with Crippen molar-refractivity contribution < 1.29 is 33.7 Å². The fourth-order valence-electron chi connectivity index (χ4n) is 6.67. The molecule has 0 radical (unpaired) electrons. The van der Waals surface area contributed by atoms with Gasteiger partial charge in [0.1, 0.15) is 29.3 Å². The number of oxazole rings is 1. The van der Waals surface area contributed by atoms with Crippen LogP contribution in [0.3, 0.4) is 0 Å². The second kappa shape index (κ2) is 10.8. The summed E-state index contributed by atoms with van der Waals surface area (Å²) in [6.45, 7) is 2.26. The predicted molar refractivity (Wildman–Crippen MR) is 166 cm³/mol. The number of carbonyl (C=O) groups is 2. The lowest BCUT2D eigenvalue weighted by Gasteiger charge is -2.36. The highest BCUT2D eigenvalue weighted by Gasteiger charge is 2.53. The molecule has 4 aromatic carbocycles. The molecule has 3 aliphatic heterocycles. The highest BCUT2D eigenvalue weighted by Crippen LogP contribution is 2.57. The summed E-state index contributed by atoms with van der Waals surface area (Å²) in [6.07, 6.45) is 3.25. The van der Waals surface area contributed by atoms with E-state index in [0.717, 1.165) is 37.2 Å². The van der Waals surface area contributed by atoms with E-state index >= 15 is 0 Å². The Morgan fingerprint density at radius 3 is 2.26 bits per heavy atom. The van der Waals surface area contributed by atoms with Gasteiger partial charge in [-0.05, 0) is 61.4 Å². The van der Waals surface area contributed by atoms with Crippen molar-refractivity contribution in [2.75, 3.05) is 13.1 Å². The number of aromatic nitrogens is 1. The normalized spacial score (nSPS) is 16.7. The zero-order chi connectivity index (χ0) is 31.4. The molecule has 0 saturated carbocycles. The Bertz CT molecular complexity index is 1940. The molecule has 4 heterocycles. The first-order valence-corrected chi connectivity index (χ1v) is 15.1. The topological polar surface area (TPSA) is 134 Å². The number of phenols is 2. The summed E-state index contributed by atoms with van der Waals surface area (Å²) in [5.41, 5.74) is 2.67. The van der Waals surface area contributed by atoms with Crippen LogP contribution in [-0.2, 0) is 16.9 Å². The fourth-order valence-corrected chi connectivity index (χ4v) is 6.67. The molecule has 8 rings (SSSR count). The minimum Gasteiger partial charge on any atom is -0.508 e. The number of carbonyl (C=O) groups excluding carboxylic acids is 2. The molecule has 0 aliphatic carbocycles. The van der Waals surface area contributed by atoms with Crippen LogP contribution < -0.4 is 10.1 Å². The van der Waals surface area contributed by atoms with Crippen LogP contribution in [0, 0.1) is 0 Å². The maximum Gasteiger partial charge on any atom is 0.340 e. The maximum absolute atomic E-state index is 13.4. The molecule has 46 heavy (non-hydrogen) atoms. The summed E-state index contributed by atoms with van der Waals surface area (Å²) in [6, 6.07) is 24.0. The quantitative estimate of drug-likeness (QED) is 0.212. The van der Waals surface area contributed by atoms with E-state index in [1.807, 2.05) is 30.3 Å². The molecule has 10 heteroatoms. The number of rotatable bonds is 5. The third-order valence-corrected chi connectivity index (χ3v) is 8.92. The smallest absolute Gasteiger partial charge is 0.340 e. The number of piperidine rings is 1. The summed E-state index contributed by atoms with van der Waals surface area (Å²) in [5.74, 6) is 0.318. The van der Waals surface area contributed by atoms with Gasteiger partial charge < -0.3 is 29.4 Å². The first-order chi connectivity index (χ1) is 22.4. The average Bonchev–Trinajstić information content (AvgIpc) is 3.64. The lowest BCUT2D eigenvalue weighted by Crippen LogP contribution is -2.44. The summed E-state index contributed by atoms with van der Waals surface area (Å²) in [7, 11) is 0. The highest BCUT2D eigenvalue weighted by atomic mass is 16.6. The standard InChI is InChI=1S/C36H29N3O7/c40-25-7-10-29-31(17-25)45-32-18-26(41)8-11-30(32)36(29)28-9-6-22(16-27(28)35(43)46-36)33(42)37-23-12-14-39(15-13-23)19-24-20-44-34(38-24)21-4-2-1-3-5-21/h1-11,16-18,20,23,40-41H,12-15,19H2,(H,37,42). The third kappa shape index (κ3) is 4.65. The Balaban J connectivity index is 0.982. The lowest BCUT2D eigenvalue weighted by atomic mass is 9.77. The lowest BCUT2D eigenvalue weighted by molar-refractivity contribution is 0.0224. The van der Waals surface area contributed by atoms with Crippen molar-refractivity contribution in [3.8, 4) is 34.5 Å². The second-order valence-corrected chi connectivity index (χ2v) is 11.8. The van der Waals surface area contributed by atoms with Crippen LogP contribution in [0.15, 0.2) is 95.6 Å². The molecular formula is C36H29N3O7. The van der Waals surface area contributed by atoms with Gasteiger partial charge in [0.15, 0.2) is 5.60 Å². The van der Waals surface area contributed by atoms with Crippen molar-refractivity contribution in [2.24, 2.45) is 0 Å². The van der Waals surface area contributed by atoms with Gasteiger partial charge >= 0.3 is 5.97 Å². The van der Waals surface area contributed by atoms with E-state index in [0.29, 0.717) is 46.2 Å². The molecule has 0 bridgehead atoms. The number of aromatic hydroxyl groups is 2. The number of phenolic OH excluding ortho intramolecular Hbond substituents is 2. The van der Waals surface area contributed by atoms with Crippen LogP contribution in [0.25, 0.3) is 11.5 Å². The Morgan fingerprint density at radius 2 is 1.57 bits per heavy atom. The molecule has 10 nitrogen and oxygen atoms in total. The molecule has 230 valence electrons. The van der Waals surface area contributed by atoms with Gasteiger partial charge in [0.25, 0.3) is 5.91 Å². The number of ether oxygens (including phenoxy) is 2. The van der Waals surface area contributed by atoms with Crippen molar-refractivity contribution in [3.05, 3.63) is 125 Å². The van der Waals surface area contributed by atoms with Crippen LogP contribution in [0.2, 0.25) is 0 Å². The summed E-state index contributed by atoms with van der Waals surface area (Å²) < 4.78 is 17.8. The second-order valence-electron chi connectivity index (χ2n) is 11.8. The highest BCUT2D eigenvalue weighted by molar-refractivity contribution is 6.01. The van der Waals surface area contributed by atoms with Gasteiger partial charge in [-0.2, -0.15) is 0 Å². The Hall–Kier alpha value is -5.61. The molecule has 0 unspecified atom stereocenters. The average molecular weight is 616 g/mol. The van der Waals surface area contributed by atoms with Gasteiger partial charge in [-0.25, -0.2) is 9.78 Å². The number of nitrogens with one attached hydrogen (secondary N) is 1. The molecule has 1 aromatic heterocycles. The van der Waals surface area contributed by atoms with Crippen molar-refractivity contribution >= 4 is 11.9 Å². The van der Waals surface area contributed by atoms with Gasteiger partial charge in [-0.3, -0.25) is 9.69 Å². The van der Waals surface area contributed by atoms with Gasteiger partial charge in [0, 0.05) is 65.6 Å². The van der Waals surface area contributed by atoms with E-state index in [-0.39, 0.29) is 29.0 Å². The number of amides is 1. The van der Waals surface area contributed by atoms with E-state index in [2.05, 4.69) is 15.2 Å². The molecule has 1 spiro atoms. The molecule has 3 N–H and O–H groups in total. The Kier molecular flexibility index (Phi) is 6.54. The van der Waals surface area contributed by atoms with E-state index in [1.54, 1.807) is 36.6 Å². The number of benzene rings is 4. The minimum atomic E-state index is -1.37. The first kappa shape index (κ1) is 27.9. The largest absolute Gasteiger partial charge is 0.508 e. The molecule has 1 saturated heterocycles. The molecule has 5 aromatic rings. The minimum absolute atomic E-state index is 0.0120. The van der Waals surface area contributed by atoms with E-state index < -0.39 is 11.6 Å².